The number of rotatable bonds is 6. The van der Waals surface area contributed by atoms with Crippen LogP contribution in [0.4, 0.5) is 0 Å². The van der Waals surface area contributed by atoms with E-state index in [0.717, 1.165) is 6.08 Å². The molecule has 0 aromatic rings. The van der Waals surface area contributed by atoms with Crippen molar-refractivity contribution in [1.29, 1.82) is 0 Å². The SMILES string of the molecule is C=CC(=O)N[N+](OC)(OC)OCC. The topological polar surface area (TPSA) is 56.8 Å². The van der Waals surface area contributed by atoms with Crippen molar-refractivity contribution in [2.45, 2.75) is 6.92 Å². The Kier molecular flexibility index (Phi) is 5.24. The van der Waals surface area contributed by atoms with Crippen molar-refractivity contribution in [3.63, 3.8) is 0 Å². The Bertz CT molecular complexity index is 179. The molecule has 0 aromatic heterocycles. The van der Waals surface area contributed by atoms with Crippen LogP contribution >= 0.6 is 0 Å². The average Bonchev–Trinajstić information content (AvgIpc) is 2.17. The van der Waals surface area contributed by atoms with E-state index in [-0.39, 0.29) is 0 Å². The number of hydrogen-bond donors (Lipinski definition) is 1. The van der Waals surface area contributed by atoms with Gasteiger partial charge in [0.15, 0.2) is 0 Å². The third-order valence-electron chi connectivity index (χ3n) is 1.21. The zero-order valence-electron chi connectivity index (χ0n) is 8.07. The smallest absolute Gasteiger partial charge is 0.265 e. The van der Waals surface area contributed by atoms with Crippen molar-refractivity contribution < 1.29 is 24.4 Å². The number of carbonyl (C=O) groups is 1. The summed E-state index contributed by atoms with van der Waals surface area (Å²) in [5, 5.41) is -0.846. The lowest BCUT2D eigenvalue weighted by Crippen LogP contribution is -2.58. The first-order chi connectivity index (χ1) is 6.14. The van der Waals surface area contributed by atoms with Gasteiger partial charge in [-0.25, -0.2) is 0 Å². The Morgan fingerprint density at radius 1 is 1.54 bits per heavy atom. The summed E-state index contributed by atoms with van der Waals surface area (Å²) >= 11 is 0. The van der Waals surface area contributed by atoms with Crippen molar-refractivity contribution in [2.75, 3.05) is 20.8 Å². The Labute approximate surface area is 77.1 Å². The third kappa shape index (κ3) is 3.51. The highest BCUT2D eigenvalue weighted by molar-refractivity contribution is 5.85. The minimum Gasteiger partial charge on any atom is -0.265 e. The van der Waals surface area contributed by atoms with E-state index < -0.39 is 11.0 Å². The van der Waals surface area contributed by atoms with Crippen molar-refractivity contribution >= 4 is 5.91 Å². The maximum absolute atomic E-state index is 10.9. The minimum absolute atomic E-state index is 0.319. The van der Waals surface area contributed by atoms with Crippen molar-refractivity contribution in [1.82, 2.24) is 5.43 Å². The van der Waals surface area contributed by atoms with Crippen LogP contribution in [0.3, 0.4) is 0 Å². The number of amides is 1. The van der Waals surface area contributed by atoms with Gasteiger partial charge in [-0.2, -0.15) is 0 Å². The average molecular weight is 191 g/mol. The van der Waals surface area contributed by atoms with E-state index in [1.54, 1.807) is 6.92 Å². The summed E-state index contributed by atoms with van der Waals surface area (Å²) in [6.45, 7) is 5.34. The van der Waals surface area contributed by atoms with E-state index in [1.807, 2.05) is 0 Å². The summed E-state index contributed by atoms with van der Waals surface area (Å²) in [5.74, 6) is -0.461. The fourth-order valence-electron chi connectivity index (χ4n) is 0.654. The summed E-state index contributed by atoms with van der Waals surface area (Å²) in [6, 6.07) is 0. The highest BCUT2D eigenvalue weighted by atomic mass is 17.2. The van der Waals surface area contributed by atoms with Crippen LogP contribution < -0.4 is 5.43 Å². The van der Waals surface area contributed by atoms with Gasteiger partial charge in [0, 0.05) is 6.08 Å². The molecule has 0 aliphatic rings. The molecule has 0 bridgehead atoms. The lowest BCUT2D eigenvalue weighted by Gasteiger charge is -2.23. The molecular weight excluding hydrogens is 176 g/mol. The summed E-state index contributed by atoms with van der Waals surface area (Å²) < 4.78 is 0. The molecule has 6 nitrogen and oxygen atoms in total. The second-order valence-electron chi connectivity index (χ2n) is 1.96. The molecule has 0 aromatic carbocycles. The molecule has 0 fully saturated rings. The lowest BCUT2D eigenvalue weighted by atomic mass is 10.6. The van der Waals surface area contributed by atoms with Gasteiger partial charge in [0.1, 0.15) is 20.8 Å². The summed E-state index contributed by atoms with van der Waals surface area (Å²) in [7, 11) is 2.67. The monoisotopic (exact) mass is 191 g/mol. The van der Waals surface area contributed by atoms with Gasteiger partial charge in [-0.05, 0) is 6.92 Å². The number of nitrogens with zero attached hydrogens (tertiary/aromatic N) is 1. The molecule has 0 spiro atoms. The first-order valence-electron chi connectivity index (χ1n) is 3.73. The van der Waals surface area contributed by atoms with Crippen LogP contribution in [0.5, 0.6) is 0 Å². The largest absolute Gasteiger partial charge is 0.297 e. The summed E-state index contributed by atoms with van der Waals surface area (Å²) in [4.78, 5) is 25.6. The highest BCUT2D eigenvalue weighted by Crippen LogP contribution is 2.03. The van der Waals surface area contributed by atoms with Gasteiger partial charge in [0.05, 0.1) is 0 Å². The normalized spacial score (nSPS) is 11.0. The fraction of sp³-hybridized carbons (Fsp3) is 0.571. The predicted octanol–water partition coefficient (Wildman–Crippen LogP) is 0.0947. The van der Waals surface area contributed by atoms with Gasteiger partial charge in [0.2, 0.25) is 5.08 Å². The third-order valence-corrected chi connectivity index (χ3v) is 1.21. The molecule has 0 aliphatic carbocycles. The second kappa shape index (κ2) is 5.65. The molecule has 76 valence electrons. The fourth-order valence-corrected chi connectivity index (χ4v) is 0.654. The molecule has 0 radical (unpaired) electrons. The maximum atomic E-state index is 10.9. The van der Waals surface area contributed by atoms with Crippen LogP contribution in [0.1, 0.15) is 6.92 Å². The van der Waals surface area contributed by atoms with Crippen molar-refractivity contribution in [3.8, 4) is 0 Å². The zero-order valence-corrected chi connectivity index (χ0v) is 8.07. The molecule has 0 rings (SSSR count). The van der Waals surface area contributed by atoms with E-state index in [0.29, 0.717) is 6.61 Å². The molecule has 0 unspecified atom stereocenters. The van der Waals surface area contributed by atoms with Crippen LogP contribution in [0, 0.1) is 0 Å². The molecular formula is C7H15N2O4+. The van der Waals surface area contributed by atoms with Gasteiger partial charge < -0.3 is 0 Å². The van der Waals surface area contributed by atoms with E-state index in [2.05, 4.69) is 12.0 Å². The molecule has 1 amide bonds. The molecule has 0 heterocycles. The summed E-state index contributed by atoms with van der Waals surface area (Å²) in [5.41, 5.74) is 2.29. The van der Waals surface area contributed by atoms with Crippen molar-refractivity contribution in [3.05, 3.63) is 12.7 Å². The first-order valence-corrected chi connectivity index (χ1v) is 3.73. The van der Waals surface area contributed by atoms with Crippen LogP contribution in [-0.2, 0) is 19.3 Å². The predicted molar refractivity (Wildman–Crippen MR) is 44.2 cm³/mol. The van der Waals surface area contributed by atoms with Crippen LogP contribution in [0.15, 0.2) is 12.7 Å². The van der Waals surface area contributed by atoms with Crippen LogP contribution in [-0.4, -0.2) is 31.8 Å². The Balaban J connectivity index is 4.36. The van der Waals surface area contributed by atoms with E-state index >= 15 is 0 Å². The standard InChI is InChI=1S/C7H14N2O4/c1-5-7(10)8-9(11-3,12-4)13-6-2/h5H,1,6H2,2-4H3/p+1. The second-order valence-corrected chi connectivity index (χ2v) is 1.96. The van der Waals surface area contributed by atoms with E-state index in [1.165, 1.54) is 14.2 Å². The maximum Gasteiger partial charge on any atom is 0.297 e. The molecule has 6 heteroatoms. The number of hydrogen-bond acceptors (Lipinski definition) is 4. The zero-order chi connectivity index (χ0) is 10.3. The molecule has 13 heavy (non-hydrogen) atoms. The van der Waals surface area contributed by atoms with Crippen molar-refractivity contribution in [2.24, 2.45) is 0 Å². The Morgan fingerprint density at radius 2 is 2.08 bits per heavy atom. The van der Waals surface area contributed by atoms with Gasteiger partial charge in [-0.3, -0.25) is 4.79 Å². The summed E-state index contributed by atoms with van der Waals surface area (Å²) in [6.07, 6.45) is 1.09. The van der Waals surface area contributed by atoms with Gasteiger partial charge in [-0.1, -0.05) is 12.0 Å². The molecule has 1 N–H and O–H groups in total. The minimum atomic E-state index is -0.846. The van der Waals surface area contributed by atoms with Gasteiger partial charge in [0.25, 0.3) is 5.91 Å². The lowest BCUT2D eigenvalue weighted by molar-refractivity contribution is -1.38. The van der Waals surface area contributed by atoms with E-state index in [9.17, 15) is 4.79 Å². The number of nitrogens with one attached hydrogen (secondary N) is 1. The molecule has 0 saturated heterocycles. The molecule has 0 aliphatic heterocycles. The van der Waals surface area contributed by atoms with Gasteiger partial charge in [-0.15, -0.1) is 14.5 Å². The Hall–Kier alpha value is -0.950. The molecule has 0 saturated carbocycles. The van der Waals surface area contributed by atoms with Crippen LogP contribution in [0.25, 0.3) is 0 Å². The highest BCUT2D eigenvalue weighted by Gasteiger charge is 2.34. The van der Waals surface area contributed by atoms with E-state index in [4.69, 9.17) is 14.5 Å². The number of quaternary nitrogens is 1. The number of carbonyl (C=O) groups excluding carboxylic acids is 1. The van der Waals surface area contributed by atoms with Crippen LogP contribution in [0.2, 0.25) is 0 Å². The molecule has 0 atom stereocenters. The first kappa shape index (κ1) is 12.0. The quantitative estimate of drug-likeness (QED) is 0.367. The Morgan fingerprint density at radius 3 is 2.38 bits per heavy atom. The van der Waals surface area contributed by atoms with Gasteiger partial charge >= 0.3 is 0 Å².